The first kappa shape index (κ1) is 14.8. The van der Waals surface area contributed by atoms with Crippen LogP contribution in [0.25, 0.3) is 0 Å². The first-order chi connectivity index (χ1) is 7.14. The molecule has 0 bridgehead atoms. The maximum Gasteiger partial charge on any atom is 0.0516 e. The zero-order valence-electron chi connectivity index (χ0n) is 10.7. The van der Waals surface area contributed by atoms with Crippen LogP contribution in [0.2, 0.25) is 0 Å². The molecule has 0 amide bonds. The average molecular weight is 226 g/mol. The van der Waals surface area contributed by atoms with Crippen LogP contribution in [-0.4, -0.2) is 4.75 Å². The van der Waals surface area contributed by atoms with Gasteiger partial charge in [-0.25, -0.2) is 0 Å². The minimum Gasteiger partial charge on any atom is -0.164 e. The Hall–Kier alpha value is -0.170. The van der Waals surface area contributed by atoms with Crippen molar-refractivity contribution in [1.29, 1.82) is 0 Å². The standard InChI is InChI=1S/C14H26S/c1-5-9-11-14(15,12-10-6-2)13(7-3)8-4/h9-13,15H,5-8H2,1-4H3. The van der Waals surface area contributed by atoms with Gasteiger partial charge in [0.25, 0.3) is 0 Å². The van der Waals surface area contributed by atoms with Crippen LogP contribution in [-0.2, 0) is 0 Å². The molecule has 0 atom stereocenters. The number of hydrogen-bond acceptors (Lipinski definition) is 1. The van der Waals surface area contributed by atoms with Gasteiger partial charge in [-0.2, -0.15) is 12.6 Å². The summed E-state index contributed by atoms with van der Waals surface area (Å²) in [7, 11) is 0. The summed E-state index contributed by atoms with van der Waals surface area (Å²) >= 11 is 4.87. The molecular weight excluding hydrogens is 200 g/mol. The molecule has 0 saturated carbocycles. The van der Waals surface area contributed by atoms with E-state index in [-0.39, 0.29) is 4.75 Å². The Balaban J connectivity index is 4.81. The molecule has 88 valence electrons. The summed E-state index contributed by atoms with van der Waals surface area (Å²) in [6.45, 7) is 8.83. The molecule has 0 rings (SSSR count). The molecule has 0 aromatic rings. The second-order valence-corrected chi connectivity index (χ2v) is 4.80. The highest BCUT2D eigenvalue weighted by molar-refractivity contribution is 7.82. The molecule has 0 aromatic carbocycles. The van der Waals surface area contributed by atoms with E-state index >= 15 is 0 Å². The van der Waals surface area contributed by atoms with Gasteiger partial charge in [0.1, 0.15) is 0 Å². The Kier molecular flexibility index (Phi) is 7.95. The molecule has 0 radical (unpaired) electrons. The van der Waals surface area contributed by atoms with Crippen molar-refractivity contribution in [2.75, 3.05) is 0 Å². The van der Waals surface area contributed by atoms with Gasteiger partial charge >= 0.3 is 0 Å². The summed E-state index contributed by atoms with van der Waals surface area (Å²) in [5.74, 6) is 0.631. The maximum atomic E-state index is 4.87. The Labute approximate surface area is 101 Å². The number of rotatable bonds is 7. The van der Waals surface area contributed by atoms with Crippen LogP contribution in [0.4, 0.5) is 0 Å². The Morgan fingerprint density at radius 2 is 1.33 bits per heavy atom. The quantitative estimate of drug-likeness (QED) is 0.457. The Morgan fingerprint density at radius 1 is 0.933 bits per heavy atom. The lowest BCUT2D eigenvalue weighted by molar-refractivity contribution is 0.456. The molecule has 0 heterocycles. The molecule has 0 N–H and O–H groups in total. The van der Waals surface area contributed by atoms with Crippen molar-refractivity contribution in [1.82, 2.24) is 0 Å². The molecule has 0 aliphatic heterocycles. The molecule has 0 saturated heterocycles. The summed E-state index contributed by atoms with van der Waals surface area (Å²) in [5, 5.41) is 0. The normalized spacial score (nSPS) is 16.7. The van der Waals surface area contributed by atoms with Crippen molar-refractivity contribution in [2.24, 2.45) is 5.92 Å². The van der Waals surface area contributed by atoms with Crippen LogP contribution >= 0.6 is 12.6 Å². The van der Waals surface area contributed by atoms with Crippen LogP contribution in [0.15, 0.2) is 24.3 Å². The van der Waals surface area contributed by atoms with E-state index in [2.05, 4.69) is 52.0 Å². The molecule has 0 nitrogen and oxygen atoms in total. The fourth-order valence-corrected chi connectivity index (χ4v) is 2.46. The van der Waals surface area contributed by atoms with Gasteiger partial charge in [-0.15, -0.1) is 0 Å². The number of hydrogen-bond donors (Lipinski definition) is 1. The lowest BCUT2D eigenvalue weighted by Gasteiger charge is -2.30. The van der Waals surface area contributed by atoms with Gasteiger partial charge in [-0.05, 0) is 18.8 Å². The van der Waals surface area contributed by atoms with Crippen molar-refractivity contribution in [3.05, 3.63) is 24.3 Å². The van der Waals surface area contributed by atoms with Gasteiger partial charge in [-0.1, -0.05) is 64.8 Å². The maximum absolute atomic E-state index is 4.87. The molecule has 0 aliphatic carbocycles. The van der Waals surface area contributed by atoms with Crippen molar-refractivity contribution >= 4 is 12.6 Å². The predicted molar refractivity (Wildman–Crippen MR) is 74.7 cm³/mol. The van der Waals surface area contributed by atoms with E-state index in [4.69, 9.17) is 12.6 Å². The summed E-state index contributed by atoms with van der Waals surface area (Å²) < 4.78 is -0.0461. The monoisotopic (exact) mass is 226 g/mol. The van der Waals surface area contributed by atoms with Crippen molar-refractivity contribution in [3.8, 4) is 0 Å². The van der Waals surface area contributed by atoms with E-state index in [1.807, 2.05) is 0 Å². The van der Waals surface area contributed by atoms with E-state index in [1.165, 1.54) is 12.8 Å². The van der Waals surface area contributed by atoms with Crippen LogP contribution in [0.3, 0.4) is 0 Å². The second-order valence-electron chi connectivity index (χ2n) is 4.02. The van der Waals surface area contributed by atoms with E-state index in [0.29, 0.717) is 5.92 Å². The Bertz CT molecular complexity index is 185. The largest absolute Gasteiger partial charge is 0.164 e. The van der Waals surface area contributed by atoms with E-state index < -0.39 is 0 Å². The van der Waals surface area contributed by atoms with E-state index in [0.717, 1.165) is 12.8 Å². The SMILES string of the molecule is CCC=CC(S)(C=CCC)C(CC)CC. The van der Waals surface area contributed by atoms with Gasteiger partial charge in [0.2, 0.25) is 0 Å². The molecule has 0 fully saturated rings. The zero-order chi connectivity index (χ0) is 11.7. The first-order valence-electron chi connectivity index (χ1n) is 6.22. The summed E-state index contributed by atoms with van der Waals surface area (Å²) in [6.07, 6.45) is 13.5. The van der Waals surface area contributed by atoms with Crippen LogP contribution < -0.4 is 0 Å². The topological polar surface area (TPSA) is 0 Å². The molecule has 0 aliphatic rings. The summed E-state index contributed by atoms with van der Waals surface area (Å²) in [5.41, 5.74) is 0. The average Bonchev–Trinajstić information content (AvgIpc) is 2.25. The van der Waals surface area contributed by atoms with Gasteiger partial charge < -0.3 is 0 Å². The lowest BCUT2D eigenvalue weighted by atomic mass is 9.85. The molecule has 1 heteroatoms. The highest BCUT2D eigenvalue weighted by Crippen LogP contribution is 2.33. The first-order valence-corrected chi connectivity index (χ1v) is 6.66. The number of thiol groups is 1. The van der Waals surface area contributed by atoms with Crippen molar-refractivity contribution in [3.63, 3.8) is 0 Å². The minimum absolute atomic E-state index is 0.0461. The summed E-state index contributed by atoms with van der Waals surface area (Å²) in [4.78, 5) is 0. The predicted octanol–water partition coefficient (Wildman–Crippen LogP) is 5.02. The summed E-state index contributed by atoms with van der Waals surface area (Å²) in [6, 6.07) is 0. The van der Waals surface area contributed by atoms with Crippen molar-refractivity contribution < 1.29 is 0 Å². The fourth-order valence-electron chi connectivity index (χ4n) is 1.88. The second kappa shape index (κ2) is 8.04. The lowest BCUT2D eigenvalue weighted by Crippen LogP contribution is -2.26. The van der Waals surface area contributed by atoms with Crippen LogP contribution in [0, 0.1) is 5.92 Å². The smallest absolute Gasteiger partial charge is 0.0516 e. The highest BCUT2D eigenvalue weighted by Gasteiger charge is 2.27. The third-order valence-electron chi connectivity index (χ3n) is 2.88. The fraction of sp³-hybridized carbons (Fsp3) is 0.714. The van der Waals surface area contributed by atoms with Crippen LogP contribution in [0.5, 0.6) is 0 Å². The van der Waals surface area contributed by atoms with Gasteiger partial charge in [0.15, 0.2) is 0 Å². The van der Waals surface area contributed by atoms with E-state index in [9.17, 15) is 0 Å². The van der Waals surface area contributed by atoms with E-state index in [1.54, 1.807) is 0 Å². The van der Waals surface area contributed by atoms with Gasteiger partial charge in [0.05, 0.1) is 4.75 Å². The third kappa shape index (κ3) is 4.92. The van der Waals surface area contributed by atoms with Gasteiger partial charge in [-0.3, -0.25) is 0 Å². The van der Waals surface area contributed by atoms with Gasteiger partial charge in [0, 0.05) is 0 Å². The molecule has 0 unspecified atom stereocenters. The molecular formula is C14H26S. The Morgan fingerprint density at radius 3 is 1.60 bits per heavy atom. The zero-order valence-corrected chi connectivity index (χ0v) is 11.6. The third-order valence-corrected chi connectivity index (χ3v) is 3.54. The van der Waals surface area contributed by atoms with Crippen molar-refractivity contribution in [2.45, 2.75) is 58.1 Å². The minimum atomic E-state index is -0.0461. The highest BCUT2D eigenvalue weighted by atomic mass is 32.1. The van der Waals surface area contributed by atoms with Crippen LogP contribution in [0.1, 0.15) is 53.4 Å². The number of allylic oxidation sites excluding steroid dienone is 2. The molecule has 0 aromatic heterocycles. The molecule has 15 heavy (non-hydrogen) atoms. The molecule has 0 spiro atoms.